The zero-order valence-corrected chi connectivity index (χ0v) is 52.3. The predicted octanol–water partition coefficient (Wildman–Crippen LogP) is 10.9. The molecule has 494 valence electrons. The molecule has 0 saturated carbocycles. The van der Waals surface area contributed by atoms with Gasteiger partial charge in [-0.1, -0.05) is 91.0 Å². The van der Waals surface area contributed by atoms with Crippen LogP contribution in [0, 0.1) is 0 Å². The topological polar surface area (TPSA) is 298 Å². The van der Waals surface area contributed by atoms with Crippen molar-refractivity contribution in [2.45, 2.75) is 68.7 Å². The highest BCUT2D eigenvalue weighted by Crippen LogP contribution is 2.35. The maximum absolute atomic E-state index is 14.3. The number of para-hydroxylation sites is 3. The molecule has 10 N–H and O–H groups in total. The number of alkyl halides is 3. The first-order valence-corrected chi connectivity index (χ1v) is 31.2. The number of aromatic amines is 3. The Morgan fingerprint density at radius 1 is 0.378 bits per heavy atom. The second kappa shape index (κ2) is 31.1. The Hall–Kier alpha value is -12.5. The van der Waals surface area contributed by atoms with Gasteiger partial charge in [-0.15, -0.1) is 0 Å². The fourth-order valence-electron chi connectivity index (χ4n) is 11.5. The monoisotopic (exact) mass is 1320 g/mol. The molecule has 6 amide bonds. The number of aromatic nitrogens is 6. The van der Waals surface area contributed by atoms with Crippen LogP contribution in [0.5, 0.6) is 0 Å². The molecule has 0 spiro atoms. The lowest BCUT2D eigenvalue weighted by atomic mass is 9.85. The molecular weight excluding hydrogens is 1250 g/mol. The summed E-state index contributed by atoms with van der Waals surface area (Å²) in [5.41, 5.74) is 11.7. The van der Waals surface area contributed by atoms with E-state index in [2.05, 4.69) is 61.8 Å². The minimum absolute atomic E-state index is 0.0668. The van der Waals surface area contributed by atoms with Crippen LogP contribution in [-0.2, 0) is 72.1 Å². The number of halogens is 3. The third-order valence-electron chi connectivity index (χ3n) is 16.4. The molecule has 0 aliphatic heterocycles. The van der Waals surface area contributed by atoms with E-state index in [1.165, 1.54) is 0 Å². The predicted molar refractivity (Wildman–Crippen MR) is 365 cm³/mol. The van der Waals surface area contributed by atoms with Crippen LogP contribution in [0.2, 0.25) is 0 Å². The van der Waals surface area contributed by atoms with Crippen LogP contribution in [0.15, 0.2) is 238 Å². The van der Waals surface area contributed by atoms with Crippen molar-refractivity contribution in [3.8, 4) is 0 Å². The molecule has 12 rings (SSSR count). The van der Waals surface area contributed by atoms with Crippen LogP contribution in [0.3, 0.4) is 0 Å². The van der Waals surface area contributed by atoms with Crippen LogP contribution in [0.4, 0.5) is 30.2 Å². The average molecular weight is 1320 g/mol. The van der Waals surface area contributed by atoms with Gasteiger partial charge in [0.05, 0.1) is 19.3 Å². The van der Waals surface area contributed by atoms with Gasteiger partial charge in [0.25, 0.3) is 0 Å². The van der Waals surface area contributed by atoms with Crippen LogP contribution >= 0.6 is 0 Å². The van der Waals surface area contributed by atoms with Gasteiger partial charge in [0, 0.05) is 131 Å². The van der Waals surface area contributed by atoms with E-state index in [1.807, 2.05) is 201 Å². The van der Waals surface area contributed by atoms with Crippen molar-refractivity contribution in [3.05, 3.63) is 288 Å². The Morgan fingerprint density at radius 3 is 0.888 bits per heavy atom. The maximum Gasteiger partial charge on any atom is 0.490 e. The van der Waals surface area contributed by atoms with Crippen molar-refractivity contribution >= 4 is 91.2 Å². The van der Waals surface area contributed by atoms with Crippen LogP contribution in [0.25, 0.3) is 32.7 Å². The summed E-state index contributed by atoms with van der Waals surface area (Å²) in [4.78, 5) is 115. The Bertz CT molecular complexity index is 4300. The number of anilines is 3. The molecule has 0 bridgehead atoms. The van der Waals surface area contributed by atoms with Gasteiger partial charge in [0.15, 0.2) is 0 Å². The van der Waals surface area contributed by atoms with E-state index >= 15 is 0 Å². The number of rotatable bonds is 24. The number of H-pyrrole nitrogens is 3. The summed E-state index contributed by atoms with van der Waals surface area (Å²) in [7, 11) is 0. The summed E-state index contributed by atoms with van der Waals surface area (Å²) in [5, 5.41) is 28.0. The van der Waals surface area contributed by atoms with Crippen molar-refractivity contribution in [1.29, 1.82) is 0 Å². The summed E-state index contributed by atoms with van der Waals surface area (Å²) < 4.78 is 31.7. The van der Waals surface area contributed by atoms with Crippen LogP contribution in [-0.4, -0.2) is 101 Å². The number of carboxylic acid groups (broad SMARTS) is 1. The van der Waals surface area contributed by atoms with Crippen molar-refractivity contribution in [2.24, 2.45) is 0 Å². The summed E-state index contributed by atoms with van der Waals surface area (Å²) in [5.74, 6) is -5.32. The quantitative estimate of drug-likeness (QED) is 0.0254. The maximum atomic E-state index is 14.3. The average Bonchev–Trinajstić information content (AvgIpc) is 1.01. The van der Waals surface area contributed by atoms with Gasteiger partial charge in [0.2, 0.25) is 35.4 Å². The number of carbonyl (C=O) groups excluding carboxylic acids is 6. The van der Waals surface area contributed by atoms with Crippen molar-refractivity contribution in [2.75, 3.05) is 16.0 Å². The number of fused-ring (bicyclic) bond motifs is 3. The second-order valence-electron chi connectivity index (χ2n) is 23.2. The lowest BCUT2D eigenvalue weighted by Crippen LogP contribution is -2.45. The molecule has 98 heavy (non-hydrogen) atoms. The zero-order valence-electron chi connectivity index (χ0n) is 52.3. The number of nitrogens with zero attached hydrogens (tertiary/aromatic N) is 3. The molecule has 23 heteroatoms. The molecular formula is C75H65F3N12O8. The Morgan fingerprint density at radius 2 is 0.633 bits per heavy atom. The highest BCUT2D eigenvalue weighted by atomic mass is 19.4. The van der Waals surface area contributed by atoms with Crippen molar-refractivity contribution in [1.82, 2.24) is 45.9 Å². The number of amides is 6. The minimum atomic E-state index is -5.08. The van der Waals surface area contributed by atoms with Gasteiger partial charge < -0.3 is 52.0 Å². The number of hydrogen-bond acceptors (Lipinski definition) is 10. The highest BCUT2D eigenvalue weighted by Gasteiger charge is 2.38. The van der Waals surface area contributed by atoms with Gasteiger partial charge in [-0.3, -0.25) is 43.7 Å². The number of aliphatic carboxylic acids is 1. The molecule has 6 aromatic heterocycles. The number of hydrogen-bond donors (Lipinski definition) is 10. The summed E-state index contributed by atoms with van der Waals surface area (Å²) in [6.07, 6.45) is 11.1. The molecule has 0 radical (unpaired) electrons. The largest absolute Gasteiger partial charge is 0.490 e. The van der Waals surface area contributed by atoms with Crippen LogP contribution < -0.4 is 31.9 Å². The molecule has 12 aromatic rings. The fraction of sp³-hybridized carbons (Fsp3) is 0.147. The minimum Gasteiger partial charge on any atom is -0.475 e. The number of pyridine rings is 3. The molecule has 3 atom stereocenters. The lowest BCUT2D eigenvalue weighted by Gasteiger charge is -2.22. The zero-order chi connectivity index (χ0) is 68.5. The Labute approximate surface area is 559 Å². The molecule has 6 heterocycles. The first kappa shape index (κ1) is 66.9. The number of benzene rings is 6. The number of carboxylic acids is 1. The first-order valence-electron chi connectivity index (χ1n) is 31.2. The molecule has 0 saturated heterocycles. The smallest absolute Gasteiger partial charge is 0.475 e. The third-order valence-corrected chi connectivity index (χ3v) is 16.4. The normalized spacial score (nSPS) is 12.2. The van der Waals surface area contributed by atoms with Gasteiger partial charge in [-0.25, -0.2) is 4.79 Å². The number of carbonyl (C=O) groups is 7. The lowest BCUT2D eigenvalue weighted by molar-refractivity contribution is -0.192. The van der Waals surface area contributed by atoms with Gasteiger partial charge in [-0.2, -0.15) is 13.2 Å². The molecule has 6 aromatic carbocycles. The van der Waals surface area contributed by atoms with E-state index in [-0.39, 0.29) is 56.2 Å². The Balaban J connectivity index is 0.00000132. The van der Waals surface area contributed by atoms with Gasteiger partial charge in [-0.05, 0) is 141 Å². The van der Waals surface area contributed by atoms with E-state index in [0.717, 1.165) is 82.8 Å². The SMILES string of the molecule is O=C(Cc1c[nH]c2ccccc12)N[C@H](Cc1ccncc1)C(=O)Nc1ccc(C(c2ccc(NC(=O)[C@@H](Cc3ccncc3)NC(=O)Cc3c[nH]c4ccccc34)cc2)c2ccc(NC(=O)[C@@H](Cc3ccncc3)NC(=O)Cc3c[nH]c4ccccc34)cc2)cc1.O=C(O)C(F)(F)F. The third kappa shape index (κ3) is 17.6. The fourth-order valence-corrected chi connectivity index (χ4v) is 11.5. The van der Waals surface area contributed by atoms with E-state index in [4.69, 9.17) is 9.90 Å². The van der Waals surface area contributed by atoms with Crippen molar-refractivity contribution in [3.63, 3.8) is 0 Å². The molecule has 0 aliphatic rings. The molecule has 0 aliphatic carbocycles. The highest BCUT2D eigenvalue weighted by molar-refractivity contribution is 6.01. The van der Waals surface area contributed by atoms with Gasteiger partial charge >= 0.3 is 12.1 Å². The van der Waals surface area contributed by atoms with E-state index in [0.29, 0.717) is 17.1 Å². The summed E-state index contributed by atoms with van der Waals surface area (Å²) in [6, 6.07) is 53.7. The van der Waals surface area contributed by atoms with Crippen molar-refractivity contribution < 1.29 is 51.8 Å². The van der Waals surface area contributed by atoms with Crippen LogP contribution in [0.1, 0.15) is 56.0 Å². The summed E-state index contributed by atoms with van der Waals surface area (Å²) >= 11 is 0. The molecule has 20 nitrogen and oxygen atoms in total. The molecule has 0 fully saturated rings. The summed E-state index contributed by atoms with van der Waals surface area (Å²) in [6.45, 7) is 0. The standard InChI is InChI=1S/C73H64N12O6.C2HF3O2/c86-67(40-52-43-77-61-10-4-1-7-58(52)61)83-64(37-46-25-31-74-32-26-46)71(89)80-55-19-13-49(14-20-55)70(50-15-21-56(22-16-50)81-72(90)65(38-47-27-33-75-34-28-47)84-68(87)41-53-44-78-62-11-5-2-8-59(53)62)51-17-23-57(24-18-51)82-73(91)66(39-48-29-35-76-36-30-48)85-69(88)42-54-45-79-63-12-6-3-9-60(54)63;3-2(4,5)1(6)7/h1-36,43-45,64-66,70,77-79H,37-42H2,(H,80,89)(H,81,90)(H,82,91)(H,83,86)(H,84,87)(H,85,88);(H,6,7)/t64-,65-,66-;/m1./s1. The van der Waals surface area contributed by atoms with Gasteiger partial charge in [0.1, 0.15) is 18.1 Å². The first-order chi connectivity index (χ1) is 47.5. The van der Waals surface area contributed by atoms with E-state index in [1.54, 1.807) is 37.2 Å². The van der Waals surface area contributed by atoms with E-state index in [9.17, 15) is 41.9 Å². The molecule has 0 unspecified atom stereocenters. The Kier molecular flexibility index (Phi) is 21.3. The second-order valence-corrected chi connectivity index (χ2v) is 23.2. The van der Waals surface area contributed by atoms with E-state index < -0.39 is 53.9 Å². The number of nitrogens with one attached hydrogen (secondary N) is 9.